The molecule has 0 radical (unpaired) electrons. The second kappa shape index (κ2) is 9.65. The Morgan fingerprint density at radius 3 is 2.70 bits per heavy atom. The van der Waals surface area contributed by atoms with Crippen molar-refractivity contribution in [1.29, 1.82) is 0 Å². The van der Waals surface area contributed by atoms with Gasteiger partial charge in [-0.2, -0.15) is 0 Å². The van der Waals surface area contributed by atoms with Gasteiger partial charge in [0, 0.05) is 24.5 Å². The predicted molar refractivity (Wildman–Crippen MR) is 83.8 cm³/mol. The van der Waals surface area contributed by atoms with E-state index in [9.17, 15) is 4.79 Å². The first-order valence-corrected chi connectivity index (χ1v) is 7.84. The second-order valence-corrected chi connectivity index (χ2v) is 5.09. The van der Waals surface area contributed by atoms with Crippen LogP contribution in [0.5, 0.6) is 5.75 Å². The summed E-state index contributed by atoms with van der Waals surface area (Å²) in [7, 11) is 0. The SMILES string of the molecule is CCCCN(CCCl)C(=O)c1cccc(OCCC)c1. The zero-order valence-corrected chi connectivity index (χ0v) is 13.2. The molecule has 0 N–H and O–H groups in total. The van der Waals surface area contributed by atoms with Gasteiger partial charge in [0.2, 0.25) is 0 Å². The molecule has 0 spiro atoms. The number of rotatable bonds is 9. The molecule has 1 rings (SSSR count). The maximum Gasteiger partial charge on any atom is 0.254 e. The molecule has 0 saturated carbocycles. The molecule has 4 heteroatoms. The minimum atomic E-state index is 0.0287. The zero-order valence-electron chi connectivity index (χ0n) is 12.4. The van der Waals surface area contributed by atoms with Crippen molar-refractivity contribution in [1.82, 2.24) is 4.90 Å². The second-order valence-electron chi connectivity index (χ2n) is 4.71. The van der Waals surface area contributed by atoms with Crippen LogP contribution < -0.4 is 4.74 Å². The molecule has 20 heavy (non-hydrogen) atoms. The van der Waals surface area contributed by atoms with E-state index in [0.717, 1.165) is 31.6 Å². The molecule has 0 fully saturated rings. The summed E-state index contributed by atoms with van der Waals surface area (Å²) in [5.41, 5.74) is 0.667. The van der Waals surface area contributed by atoms with E-state index in [2.05, 4.69) is 13.8 Å². The van der Waals surface area contributed by atoms with E-state index < -0.39 is 0 Å². The Labute approximate surface area is 126 Å². The highest BCUT2D eigenvalue weighted by Crippen LogP contribution is 2.16. The van der Waals surface area contributed by atoms with E-state index >= 15 is 0 Å². The summed E-state index contributed by atoms with van der Waals surface area (Å²) in [6.45, 7) is 6.17. The predicted octanol–water partition coefficient (Wildman–Crippen LogP) is 3.96. The third-order valence-corrected chi connectivity index (χ3v) is 3.15. The van der Waals surface area contributed by atoms with Gasteiger partial charge < -0.3 is 9.64 Å². The van der Waals surface area contributed by atoms with Gasteiger partial charge in [-0.3, -0.25) is 4.79 Å². The molecule has 0 bridgehead atoms. The number of hydrogen-bond donors (Lipinski definition) is 0. The monoisotopic (exact) mass is 297 g/mol. The molecule has 0 atom stereocenters. The smallest absolute Gasteiger partial charge is 0.254 e. The molecule has 0 heterocycles. The number of nitrogens with zero attached hydrogens (tertiary/aromatic N) is 1. The minimum Gasteiger partial charge on any atom is -0.494 e. The van der Waals surface area contributed by atoms with Crippen LogP contribution in [0.25, 0.3) is 0 Å². The Morgan fingerprint density at radius 1 is 1.25 bits per heavy atom. The normalized spacial score (nSPS) is 10.3. The fourth-order valence-electron chi connectivity index (χ4n) is 1.89. The van der Waals surface area contributed by atoms with Crippen molar-refractivity contribution in [2.75, 3.05) is 25.6 Å². The first-order chi connectivity index (χ1) is 9.72. The van der Waals surface area contributed by atoms with Gasteiger partial charge >= 0.3 is 0 Å². The highest BCUT2D eigenvalue weighted by atomic mass is 35.5. The lowest BCUT2D eigenvalue weighted by Crippen LogP contribution is -2.33. The van der Waals surface area contributed by atoms with Crippen LogP contribution in [-0.2, 0) is 0 Å². The summed E-state index contributed by atoms with van der Waals surface area (Å²) in [5, 5.41) is 0. The number of amides is 1. The highest BCUT2D eigenvalue weighted by Gasteiger charge is 2.15. The Morgan fingerprint density at radius 2 is 2.05 bits per heavy atom. The maximum atomic E-state index is 12.5. The van der Waals surface area contributed by atoms with E-state index in [-0.39, 0.29) is 5.91 Å². The minimum absolute atomic E-state index is 0.0287. The molecule has 0 aliphatic rings. The molecule has 0 saturated heterocycles. The van der Waals surface area contributed by atoms with Gasteiger partial charge in [-0.25, -0.2) is 0 Å². The van der Waals surface area contributed by atoms with Gasteiger partial charge in [0.15, 0.2) is 0 Å². The lowest BCUT2D eigenvalue weighted by molar-refractivity contribution is 0.0763. The van der Waals surface area contributed by atoms with E-state index in [1.807, 2.05) is 29.2 Å². The average Bonchev–Trinajstić information content (AvgIpc) is 2.49. The van der Waals surface area contributed by atoms with E-state index in [1.165, 1.54) is 0 Å². The molecular formula is C16H24ClNO2. The third-order valence-electron chi connectivity index (χ3n) is 2.98. The van der Waals surface area contributed by atoms with Crippen LogP contribution in [0.3, 0.4) is 0 Å². The number of halogens is 1. The van der Waals surface area contributed by atoms with E-state index in [0.29, 0.717) is 24.6 Å². The quantitative estimate of drug-likeness (QED) is 0.646. The van der Waals surface area contributed by atoms with Crippen molar-refractivity contribution in [2.45, 2.75) is 33.1 Å². The van der Waals surface area contributed by atoms with Crippen LogP contribution in [-0.4, -0.2) is 36.4 Å². The summed E-state index contributed by atoms with van der Waals surface area (Å²) in [6.07, 6.45) is 3.01. The number of carbonyl (C=O) groups excluding carboxylic acids is 1. The van der Waals surface area contributed by atoms with Crippen molar-refractivity contribution < 1.29 is 9.53 Å². The number of alkyl halides is 1. The number of ether oxygens (including phenoxy) is 1. The molecule has 0 aliphatic heterocycles. The number of hydrogen-bond acceptors (Lipinski definition) is 2. The summed E-state index contributed by atoms with van der Waals surface area (Å²) >= 11 is 5.79. The van der Waals surface area contributed by atoms with Crippen LogP contribution in [0.4, 0.5) is 0 Å². The molecule has 0 aromatic heterocycles. The molecule has 3 nitrogen and oxygen atoms in total. The Hall–Kier alpha value is -1.22. The van der Waals surface area contributed by atoms with Gasteiger partial charge in [-0.15, -0.1) is 11.6 Å². The van der Waals surface area contributed by atoms with Crippen molar-refractivity contribution in [3.05, 3.63) is 29.8 Å². The summed E-state index contributed by atoms with van der Waals surface area (Å²) < 4.78 is 5.57. The van der Waals surface area contributed by atoms with Crippen LogP contribution in [0.2, 0.25) is 0 Å². The first-order valence-electron chi connectivity index (χ1n) is 7.31. The van der Waals surface area contributed by atoms with Crippen molar-refractivity contribution in [3.8, 4) is 5.75 Å². The van der Waals surface area contributed by atoms with Gasteiger partial charge in [-0.05, 0) is 31.0 Å². The van der Waals surface area contributed by atoms with Crippen LogP contribution in [0, 0.1) is 0 Å². The Bertz CT molecular complexity index is 409. The first kappa shape index (κ1) is 16.8. The van der Waals surface area contributed by atoms with Gasteiger partial charge in [-0.1, -0.05) is 26.3 Å². The molecule has 0 unspecified atom stereocenters. The van der Waals surface area contributed by atoms with Crippen LogP contribution in [0.15, 0.2) is 24.3 Å². The molecule has 1 amide bonds. The Balaban J connectivity index is 2.76. The Kier molecular flexibility index (Phi) is 8.12. The van der Waals surface area contributed by atoms with Gasteiger partial charge in [0.25, 0.3) is 5.91 Å². The fraction of sp³-hybridized carbons (Fsp3) is 0.562. The molecule has 1 aromatic rings. The number of carbonyl (C=O) groups is 1. The number of unbranched alkanes of at least 4 members (excludes halogenated alkanes) is 1. The average molecular weight is 298 g/mol. The topological polar surface area (TPSA) is 29.5 Å². The summed E-state index contributed by atoms with van der Waals surface area (Å²) in [4.78, 5) is 14.3. The van der Waals surface area contributed by atoms with Crippen molar-refractivity contribution in [3.63, 3.8) is 0 Å². The lowest BCUT2D eigenvalue weighted by atomic mass is 10.1. The largest absolute Gasteiger partial charge is 0.494 e. The standard InChI is InChI=1S/C16H24ClNO2/c1-3-5-10-18(11-9-17)16(19)14-7-6-8-15(13-14)20-12-4-2/h6-8,13H,3-5,9-12H2,1-2H3. The van der Waals surface area contributed by atoms with Gasteiger partial charge in [0.05, 0.1) is 6.61 Å². The van der Waals surface area contributed by atoms with E-state index in [4.69, 9.17) is 16.3 Å². The summed E-state index contributed by atoms with van der Waals surface area (Å²) in [5.74, 6) is 1.24. The fourth-order valence-corrected chi connectivity index (χ4v) is 2.09. The molecule has 1 aromatic carbocycles. The zero-order chi connectivity index (χ0) is 14.8. The molecule has 0 aliphatic carbocycles. The van der Waals surface area contributed by atoms with Crippen LogP contribution in [0.1, 0.15) is 43.5 Å². The number of benzene rings is 1. The maximum absolute atomic E-state index is 12.5. The van der Waals surface area contributed by atoms with Gasteiger partial charge in [0.1, 0.15) is 5.75 Å². The lowest BCUT2D eigenvalue weighted by Gasteiger charge is -2.21. The molecular weight excluding hydrogens is 274 g/mol. The summed E-state index contributed by atoms with van der Waals surface area (Å²) in [6, 6.07) is 7.38. The van der Waals surface area contributed by atoms with Crippen LogP contribution >= 0.6 is 11.6 Å². The molecule has 112 valence electrons. The van der Waals surface area contributed by atoms with Crippen molar-refractivity contribution >= 4 is 17.5 Å². The third kappa shape index (κ3) is 5.41. The highest BCUT2D eigenvalue weighted by molar-refractivity contribution is 6.18. The van der Waals surface area contributed by atoms with Crippen molar-refractivity contribution in [2.24, 2.45) is 0 Å². The van der Waals surface area contributed by atoms with E-state index in [1.54, 1.807) is 0 Å².